The Morgan fingerprint density at radius 3 is 2.61 bits per heavy atom. The average Bonchev–Trinajstić information content (AvgIpc) is 2.27. The lowest BCUT2D eigenvalue weighted by molar-refractivity contribution is -0.137. The molecule has 0 unspecified atom stereocenters. The van der Waals surface area contributed by atoms with Gasteiger partial charge in [-0.2, -0.15) is 24.9 Å². The Hall–Kier alpha value is -0.360. The minimum absolute atomic E-state index is 0.433. The SMILES string of the molecule is CCSCCCNc1cc(Br)cc(C(F)(F)F)c1. The number of benzene rings is 1. The molecule has 0 aliphatic heterocycles. The molecule has 0 aliphatic carbocycles. The normalized spacial score (nSPS) is 11.6. The molecule has 1 N–H and O–H groups in total. The summed E-state index contributed by atoms with van der Waals surface area (Å²) in [7, 11) is 0. The molecule has 0 aliphatic rings. The molecule has 0 heterocycles. The Bertz CT molecular complexity index is 382. The van der Waals surface area contributed by atoms with E-state index in [0.717, 1.165) is 30.1 Å². The Kier molecular flexibility index (Phi) is 6.35. The van der Waals surface area contributed by atoms with Gasteiger partial charge in [0.1, 0.15) is 0 Å². The number of hydrogen-bond acceptors (Lipinski definition) is 2. The lowest BCUT2D eigenvalue weighted by atomic mass is 10.2. The highest BCUT2D eigenvalue weighted by Gasteiger charge is 2.31. The Balaban J connectivity index is 2.58. The van der Waals surface area contributed by atoms with E-state index in [-0.39, 0.29) is 0 Å². The van der Waals surface area contributed by atoms with Crippen molar-refractivity contribution in [3.63, 3.8) is 0 Å². The molecule has 6 heteroatoms. The van der Waals surface area contributed by atoms with Crippen LogP contribution in [0.15, 0.2) is 22.7 Å². The van der Waals surface area contributed by atoms with Crippen LogP contribution in [0.2, 0.25) is 0 Å². The maximum absolute atomic E-state index is 12.6. The highest BCUT2D eigenvalue weighted by Crippen LogP contribution is 2.33. The maximum atomic E-state index is 12.6. The minimum atomic E-state index is -4.31. The third-order valence-corrected chi connectivity index (χ3v) is 3.67. The van der Waals surface area contributed by atoms with E-state index in [1.807, 2.05) is 11.8 Å². The van der Waals surface area contributed by atoms with Gasteiger partial charge in [0, 0.05) is 16.7 Å². The van der Waals surface area contributed by atoms with Crippen LogP contribution < -0.4 is 5.32 Å². The number of halogens is 4. The third kappa shape index (κ3) is 5.52. The molecule has 0 spiro atoms. The fourth-order valence-electron chi connectivity index (χ4n) is 1.41. The second kappa shape index (κ2) is 7.28. The summed E-state index contributed by atoms with van der Waals surface area (Å²) in [5.74, 6) is 2.08. The predicted octanol–water partition coefficient (Wildman–Crippen LogP) is 5.02. The van der Waals surface area contributed by atoms with E-state index < -0.39 is 11.7 Å². The fraction of sp³-hybridized carbons (Fsp3) is 0.500. The summed E-state index contributed by atoms with van der Waals surface area (Å²) in [6, 6.07) is 3.87. The first-order valence-corrected chi connectivity index (χ1v) is 7.57. The summed E-state index contributed by atoms with van der Waals surface area (Å²) in [4.78, 5) is 0. The monoisotopic (exact) mass is 341 g/mol. The van der Waals surface area contributed by atoms with Gasteiger partial charge in [0.05, 0.1) is 5.56 Å². The van der Waals surface area contributed by atoms with Gasteiger partial charge in [-0.05, 0) is 36.1 Å². The van der Waals surface area contributed by atoms with Crippen molar-refractivity contribution in [2.24, 2.45) is 0 Å². The van der Waals surface area contributed by atoms with E-state index in [4.69, 9.17) is 0 Å². The zero-order valence-electron chi connectivity index (χ0n) is 9.98. The molecule has 0 aromatic heterocycles. The van der Waals surface area contributed by atoms with Gasteiger partial charge in [0.25, 0.3) is 0 Å². The van der Waals surface area contributed by atoms with Gasteiger partial charge in [-0.15, -0.1) is 0 Å². The van der Waals surface area contributed by atoms with Crippen molar-refractivity contribution in [3.05, 3.63) is 28.2 Å². The number of nitrogens with one attached hydrogen (secondary N) is 1. The molecule has 1 nitrogen and oxygen atoms in total. The van der Waals surface area contributed by atoms with E-state index in [0.29, 0.717) is 16.7 Å². The Labute approximate surface area is 118 Å². The summed E-state index contributed by atoms with van der Waals surface area (Å²) in [6.45, 7) is 2.77. The van der Waals surface area contributed by atoms with Crippen LogP contribution in [0.1, 0.15) is 18.9 Å². The molecule has 1 rings (SSSR count). The van der Waals surface area contributed by atoms with E-state index in [9.17, 15) is 13.2 Å². The molecular weight excluding hydrogens is 327 g/mol. The van der Waals surface area contributed by atoms with E-state index in [2.05, 4.69) is 28.2 Å². The second-order valence-corrected chi connectivity index (χ2v) is 6.01. The van der Waals surface area contributed by atoms with Crippen molar-refractivity contribution in [1.29, 1.82) is 0 Å². The topological polar surface area (TPSA) is 12.0 Å². The lowest BCUT2D eigenvalue weighted by Gasteiger charge is -2.11. The molecule has 1 aromatic rings. The second-order valence-electron chi connectivity index (χ2n) is 3.70. The van der Waals surface area contributed by atoms with Crippen molar-refractivity contribution in [2.45, 2.75) is 19.5 Å². The molecule has 0 fully saturated rings. The van der Waals surface area contributed by atoms with E-state index >= 15 is 0 Å². The largest absolute Gasteiger partial charge is 0.416 e. The molecule has 1 aromatic carbocycles. The van der Waals surface area contributed by atoms with Crippen LogP contribution >= 0.6 is 27.7 Å². The van der Waals surface area contributed by atoms with Crippen molar-refractivity contribution in [2.75, 3.05) is 23.4 Å². The Morgan fingerprint density at radius 1 is 1.28 bits per heavy atom. The van der Waals surface area contributed by atoms with Gasteiger partial charge in [-0.1, -0.05) is 22.9 Å². The summed E-state index contributed by atoms with van der Waals surface area (Å²) in [6.07, 6.45) is -3.37. The summed E-state index contributed by atoms with van der Waals surface area (Å²) >= 11 is 4.92. The van der Waals surface area contributed by atoms with Crippen molar-refractivity contribution in [3.8, 4) is 0 Å². The summed E-state index contributed by atoms with van der Waals surface area (Å²) < 4.78 is 38.2. The van der Waals surface area contributed by atoms with Crippen LogP contribution in [0.4, 0.5) is 18.9 Å². The quantitative estimate of drug-likeness (QED) is 0.729. The van der Waals surface area contributed by atoms with Gasteiger partial charge in [-0.3, -0.25) is 0 Å². The minimum Gasteiger partial charge on any atom is -0.385 e. The molecule has 18 heavy (non-hydrogen) atoms. The molecule has 0 saturated carbocycles. The van der Waals surface area contributed by atoms with Crippen molar-refractivity contribution >= 4 is 33.4 Å². The summed E-state index contributed by atoms with van der Waals surface area (Å²) in [5, 5.41) is 3.01. The van der Waals surface area contributed by atoms with E-state index in [1.165, 1.54) is 0 Å². The van der Waals surface area contributed by atoms with Crippen molar-refractivity contribution < 1.29 is 13.2 Å². The average molecular weight is 342 g/mol. The Morgan fingerprint density at radius 2 is 2.00 bits per heavy atom. The third-order valence-electron chi connectivity index (χ3n) is 2.22. The zero-order valence-corrected chi connectivity index (χ0v) is 12.4. The van der Waals surface area contributed by atoms with Crippen molar-refractivity contribution in [1.82, 2.24) is 0 Å². The molecule has 0 atom stereocenters. The van der Waals surface area contributed by atoms with Crippen LogP contribution in [-0.2, 0) is 6.18 Å². The van der Waals surface area contributed by atoms with Crippen LogP contribution in [0.5, 0.6) is 0 Å². The number of alkyl halides is 3. The molecule has 0 amide bonds. The van der Waals surface area contributed by atoms with Crippen LogP contribution in [0.3, 0.4) is 0 Å². The highest BCUT2D eigenvalue weighted by atomic mass is 79.9. The predicted molar refractivity (Wildman–Crippen MR) is 75.2 cm³/mol. The first kappa shape index (κ1) is 15.7. The smallest absolute Gasteiger partial charge is 0.385 e. The number of rotatable bonds is 6. The zero-order chi connectivity index (χ0) is 13.6. The van der Waals surface area contributed by atoms with E-state index in [1.54, 1.807) is 6.07 Å². The van der Waals surface area contributed by atoms with Gasteiger partial charge in [0.2, 0.25) is 0 Å². The molecule has 102 valence electrons. The number of anilines is 1. The first-order valence-electron chi connectivity index (χ1n) is 5.63. The van der Waals surface area contributed by atoms with Crippen LogP contribution in [0.25, 0.3) is 0 Å². The van der Waals surface area contributed by atoms with Crippen LogP contribution in [-0.4, -0.2) is 18.1 Å². The standard InChI is InChI=1S/C12H15BrF3NS/c1-2-18-5-3-4-17-11-7-9(12(14,15)16)6-10(13)8-11/h6-8,17H,2-5H2,1H3. The highest BCUT2D eigenvalue weighted by molar-refractivity contribution is 9.10. The lowest BCUT2D eigenvalue weighted by Crippen LogP contribution is -2.08. The maximum Gasteiger partial charge on any atom is 0.416 e. The number of hydrogen-bond donors (Lipinski definition) is 1. The number of thioether (sulfide) groups is 1. The van der Waals surface area contributed by atoms with Gasteiger partial charge in [-0.25, -0.2) is 0 Å². The molecule has 0 radical (unpaired) electrons. The first-order chi connectivity index (χ1) is 8.43. The molecular formula is C12H15BrF3NS. The van der Waals surface area contributed by atoms with Gasteiger partial charge < -0.3 is 5.32 Å². The fourth-order valence-corrected chi connectivity index (χ4v) is 2.54. The van der Waals surface area contributed by atoms with Gasteiger partial charge in [0.15, 0.2) is 0 Å². The van der Waals surface area contributed by atoms with Crippen LogP contribution in [0, 0.1) is 0 Å². The van der Waals surface area contributed by atoms with Gasteiger partial charge >= 0.3 is 6.18 Å². The summed E-state index contributed by atoms with van der Waals surface area (Å²) in [5.41, 5.74) is -0.138. The molecule has 0 saturated heterocycles. The molecule has 0 bridgehead atoms.